The van der Waals surface area contributed by atoms with Crippen LogP contribution in [0.15, 0.2) is 18.2 Å². The molecule has 0 aliphatic heterocycles. The van der Waals surface area contributed by atoms with Gasteiger partial charge in [-0.15, -0.1) is 0 Å². The van der Waals surface area contributed by atoms with Crippen molar-refractivity contribution in [3.8, 4) is 5.75 Å². The van der Waals surface area contributed by atoms with Gasteiger partial charge in [-0.05, 0) is 42.9 Å². The Hall–Kier alpha value is -0.980. The van der Waals surface area contributed by atoms with Crippen LogP contribution in [-0.2, 0) is 6.42 Å². The van der Waals surface area contributed by atoms with Crippen molar-refractivity contribution >= 4 is 0 Å². The lowest BCUT2D eigenvalue weighted by Crippen LogP contribution is -2.01. The average Bonchev–Trinajstić information content (AvgIpc) is 3.15. The molecular weight excluding hydrogens is 304 g/mol. The van der Waals surface area contributed by atoms with E-state index >= 15 is 0 Å². The molecular formula is C24H39O. The van der Waals surface area contributed by atoms with Crippen molar-refractivity contribution in [2.45, 2.75) is 103 Å². The summed E-state index contributed by atoms with van der Waals surface area (Å²) in [5.41, 5.74) is 1.37. The van der Waals surface area contributed by atoms with Crippen LogP contribution in [-0.4, -0.2) is 6.61 Å². The Labute approximate surface area is 156 Å². The number of rotatable bonds is 14. The van der Waals surface area contributed by atoms with Gasteiger partial charge in [-0.25, -0.2) is 0 Å². The molecule has 1 nitrogen and oxygen atoms in total. The van der Waals surface area contributed by atoms with Gasteiger partial charge in [0.05, 0.1) is 6.61 Å². The zero-order valence-corrected chi connectivity index (χ0v) is 16.5. The molecule has 1 fully saturated rings. The maximum atomic E-state index is 6.06. The molecule has 1 aliphatic carbocycles. The number of ether oxygens (including phenoxy) is 1. The van der Waals surface area contributed by atoms with Crippen molar-refractivity contribution < 1.29 is 4.74 Å². The van der Waals surface area contributed by atoms with E-state index in [0.29, 0.717) is 0 Å². The van der Waals surface area contributed by atoms with E-state index in [1.807, 2.05) is 12.1 Å². The van der Waals surface area contributed by atoms with Gasteiger partial charge in [0.1, 0.15) is 5.75 Å². The van der Waals surface area contributed by atoms with Gasteiger partial charge in [-0.2, -0.15) is 0 Å². The van der Waals surface area contributed by atoms with Gasteiger partial charge in [0.25, 0.3) is 0 Å². The molecule has 1 aliphatic rings. The van der Waals surface area contributed by atoms with Gasteiger partial charge in [-0.1, -0.05) is 96.1 Å². The number of hydrogen-bond donors (Lipinski definition) is 0. The van der Waals surface area contributed by atoms with E-state index < -0.39 is 0 Å². The van der Waals surface area contributed by atoms with E-state index in [2.05, 4.69) is 19.1 Å². The summed E-state index contributed by atoms with van der Waals surface area (Å²) in [6, 6.07) is 9.43. The fraction of sp³-hybridized carbons (Fsp3) is 0.750. The molecule has 141 valence electrons. The molecule has 0 unspecified atom stereocenters. The van der Waals surface area contributed by atoms with Crippen molar-refractivity contribution in [3.63, 3.8) is 0 Å². The monoisotopic (exact) mass is 343 g/mol. The smallest absolute Gasteiger partial charge is 0.123 e. The Morgan fingerprint density at radius 3 is 2.56 bits per heavy atom. The first kappa shape index (κ1) is 20.3. The van der Waals surface area contributed by atoms with E-state index in [1.54, 1.807) is 0 Å². The van der Waals surface area contributed by atoms with Crippen LogP contribution in [0.2, 0.25) is 0 Å². The summed E-state index contributed by atoms with van der Waals surface area (Å²) in [7, 11) is 0. The fourth-order valence-electron chi connectivity index (χ4n) is 4.08. The summed E-state index contributed by atoms with van der Waals surface area (Å²) < 4.78 is 6.06. The normalized spacial score (nSPS) is 14.9. The van der Waals surface area contributed by atoms with Gasteiger partial charge in [-0.3, -0.25) is 0 Å². The topological polar surface area (TPSA) is 9.23 Å². The lowest BCUT2D eigenvalue weighted by atomic mass is 9.99. The van der Waals surface area contributed by atoms with Gasteiger partial charge in [0.2, 0.25) is 0 Å². The van der Waals surface area contributed by atoms with Crippen LogP contribution < -0.4 is 4.74 Å². The summed E-state index contributed by atoms with van der Waals surface area (Å²) >= 11 is 0. The second-order valence-electron chi connectivity index (χ2n) is 7.90. The highest BCUT2D eigenvalue weighted by Gasteiger charge is 2.13. The van der Waals surface area contributed by atoms with Gasteiger partial charge in [0, 0.05) is 0 Å². The third-order valence-corrected chi connectivity index (χ3v) is 5.70. The standard InChI is InChI=1S/C24H39O/c1-2-3-4-5-9-18-23-19-12-13-20-24(23)25-21-14-7-6-8-15-22-16-10-11-17-22/h12,19-20,22H,2-11,14-18,21H2,1H3. The van der Waals surface area contributed by atoms with Crippen LogP contribution in [0.3, 0.4) is 0 Å². The molecule has 0 atom stereocenters. The molecule has 1 heteroatoms. The average molecular weight is 344 g/mol. The summed E-state index contributed by atoms with van der Waals surface area (Å²) in [6.45, 7) is 3.14. The Kier molecular flexibility index (Phi) is 10.8. The fourth-order valence-corrected chi connectivity index (χ4v) is 4.08. The highest BCUT2D eigenvalue weighted by atomic mass is 16.5. The van der Waals surface area contributed by atoms with Crippen LogP contribution in [0, 0.1) is 12.0 Å². The molecule has 0 saturated heterocycles. The van der Waals surface area contributed by atoms with Crippen LogP contribution in [0.25, 0.3) is 0 Å². The molecule has 1 radical (unpaired) electrons. The van der Waals surface area contributed by atoms with Gasteiger partial charge >= 0.3 is 0 Å². The summed E-state index contributed by atoms with van der Waals surface area (Å²) in [5, 5.41) is 0. The second kappa shape index (κ2) is 13.3. The minimum atomic E-state index is 0.865. The molecule has 0 N–H and O–H groups in total. The molecule has 0 spiro atoms. The number of hydrogen-bond acceptors (Lipinski definition) is 1. The molecule has 1 aromatic carbocycles. The largest absolute Gasteiger partial charge is 0.493 e. The highest BCUT2D eigenvalue weighted by Crippen LogP contribution is 2.29. The minimum absolute atomic E-state index is 0.865. The van der Waals surface area contributed by atoms with Crippen LogP contribution in [0.1, 0.15) is 102 Å². The Balaban J connectivity index is 1.53. The Bertz CT molecular complexity index is 433. The first-order valence-electron chi connectivity index (χ1n) is 11.0. The summed E-state index contributed by atoms with van der Waals surface area (Å²) in [4.78, 5) is 0. The molecule has 0 aromatic heterocycles. The number of aryl methyl sites for hydroxylation is 1. The summed E-state index contributed by atoms with van der Waals surface area (Å²) in [6.07, 6.45) is 20.5. The highest BCUT2D eigenvalue weighted by molar-refractivity contribution is 5.32. The molecule has 25 heavy (non-hydrogen) atoms. The lowest BCUT2D eigenvalue weighted by molar-refractivity contribution is 0.300. The van der Waals surface area contributed by atoms with Crippen molar-refractivity contribution in [2.75, 3.05) is 6.61 Å². The van der Waals surface area contributed by atoms with Crippen molar-refractivity contribution in [1.82, 2.24) is 0 Å². The molecule has 1 aromatic rings. The maximum Gasteiger partial charge on any atom is 0.123 e. The Morgan fingerprint density at radius 1 is 0.960 bits per heavy atom. The van der Waals surface area contributed by atoms with Gasteiger partial charge < -0.3 is 4.74 Å². The van der Waals surface area contributed by atoms with Crippen molar-refractivity contribution in [3.05, 3.63) is 29.8 Å². The first-order chi connectivity index (χ1) is 12.4. The Morgan fingerprint density at radius 2 is 1.72 bits per heavy atom. The van der Waals surface area contributed by atoms with Crippen molar-refractivity contribution in [2.24, 2.45) is 5.92 Å². The van der Waals surface area contributed by atoms with E-state index in [-0.39, 0.29) is 0 Å². The summed E-state index contributed by atoms with van der Waals surface area (Å²) in [5.74, 6) is 2.12. The molecule has 0 heterocycles. The van der Waals surface area contributed by atoms with Crippen LogP contribution >= 0.6 is 0 Å². The minimum Gasteiger partial charge on any atom is -0.493 e. The third-order valence-electron chi connectivity index (χ3n) is 5.70. The SMILES string of the molecule is CCCCCCCc1cc[c]cc1OCCCCCCC1CCCC1. The number of benzene rings is 1. The lowest BCUT2D eigenvalue weighted by Gasteiger charge is -2.12. The van der Waals surface area contributed by atoms with E-state index in [4.69, 9.17) is 4.74 Å². The zero-order chi connectivity index (χ0) is 17.6. The maximum absolute atomic E-state index is 6.06. The molecule has 0 bridgehead atoms. The predicted octanol–water partition coefficient (Wildman–Crippen LogP) is 7.52. The van der Waals surface area contributed by atoms with E-state index in [0.717, 1.165) is 24.7 Å². The predicted molar refractivity (Wildman–Crippen MR) is 108 cm³/mol. The molecule has 2 rings (SSSR count). The zero-order valence-electron chi connectivity index (χ0n) is 16.5. The van der Waals surface area contributed by atoms with Gasteiger partial charge in [0.15, 0.2) is 0 Å². The third kappa shape index (κ3) is 8.79. The van der Waals surface area contributed by atoms with E-state index in [1.165, 1.54) is 95.5 Å². The van der Waals surface area contributed by atoms with Crippen LogP contribution in [0.4, 0.5) is 0 Å². The second-order valence-corrected chi connectivity index (χ2v) is 7.90. The van der Waals surface area contributed by atoms with E-state index in [9.17, 15) is 0 Å². The van der Waals surface area contributed by atoms with Crippen LogP contribution in [0.5, 0.6) is 5.75 Å². The molecule has 0 amide bonds. The first-order valence-corrected chi connectivity index (χ1v) is 11.0. The molecule has 1 saturated carbocycles. The number of unbranched alkanes of at least 4 members (excludes halogenated alkanes) is 7. The quantitative estimate of drug-likeness (QED) is 0.317. The van der Waals surface area contributed by atoms with Crippen molar-refractivity contribution in [1.29, 1.82) is 0 Å².